The van der Waals surface area contributed by atoms with Crippen molar-refractivity contribution >= 4 is 31.9 Å². The van der Waals surface area contributed by atoms with Crippen molar-refractivity contribution in [3.8, 4) is 0 Å². The summed E-state index contributed by atoms with van der Waals surface area (Å²) in [6.45, 7) is 3.83. The molecule has 0 amide bonds. The lowest BCUT2D eigenvalue weighted by molar-refractivity contribution is -0.232. The Bertz CT molecular complexity index is 333. The third kappa shape index (κ3) is 1.40. The van der Waals surface area contributed by atoms with Crippen molar-refractivity contribution in [2.45, 2.75) is 53.4 Å². The minimum Gasteiger partial charge on any atom is -0.353 e. The monoisotopic (exact) mass is 356 g/mol. The first kappa shape index (κ1) is 11.9. The summed E-state index contributed by atoms with van der Waals surface area (Å²) >= 11 is 7.20. The van der Waals surface area contributed by atoms with Gasteiger partial charge in [-0.1, -0.05) is 31.9 Å². The zero-order valence-corrected chi connectivity index (χ0v) is 12.5. The maximum atomic E-state index is 5.93. The molecule has 3 fully saturated rings. The van der Waals surface area contributed by atoms with Crippen LogP contribution in [0.2, 0.25) is 0 Å². The van der Waals surface area contributed by atoms with Crippen molar-refractivity contribution in [3.63, 3.8) is 0 Å². The Morgan fingerprint density at radius 3 is 2.31 bits per heavy atom. The van der Waals surface area contributed by atoms with Crippen LogP contribution in [-0.4, -0.2) is 40.2 Å². The SMILES string of the molecule is CO[C@@H]1O[C@@]2(CC2(Br)Br)C2OC(C)(C)OC21. The summed E-state index contributed by atoms with van der Waals surface area (Å²) in [7, 11) is 1.63. The summed E-state index contributed by atoms with van der Waals surface area (Å²) in [5.74, 6) is -0.568. The average molecular weight is 358 g/mol. The van der Waals surface area contributed by atoms with E-state index in [-0.39, 0.29) is 27.3 Å². The van der Waals surface area contributed by atoms with Gasteiger partial charge in [0.15, 0.2) is 12.1 Å². The molecule has 92 valence electrons. The zero-order valence-electron chi connectivity index (χ0n) is 9.33. The first-order chi connectivity index (χ1) is 7.31. The number of rotatable bonds is 1. The van der Waals surface area contributed by atoms with E-state index in [0.29, 0.717) is 0 Å². The largest absolute Gasteiger partial charge is 0.353 e. The molecule has 0 radical (unpaired) electrons. The highest BCUT2D eigenvalue weighted by atomic mass is 79.9. The first-order valence-corrected chi connectivity index (χ1v) is 6.84. The highest BCUT2D eigenvalue weighted by Crippen LogP contribution is 2.69. The van der Waals surface area contributed by atoms with Gasteiger partial charge in [-0.2, -0.15) is 0 Å². The second-order valence-electron chi connectivity index (χ2n) is 5.01. The second kappa shape index (κ2) is 3.22. The molecule has 2 unspecified atom stereocenters. The number of halogens is 2. The summed E-state index contributed by atoms with van der Waals surface area (Å²) in [5, 5.41) is 0. The first-order valence-electron chi connectivity index (χ1n) is 5.25. The van der Waals surface area contributed by atoms with Gasteiger partial charge >= 0.3 is 0 Å². The maximum absolute atomic E-state index is 5.93. The van der Waals surface area contributed by atoms with Crippen molar-refractivity contribution in [1.29, 1.82) is 0 Å². The summed E-state index contributed by atoms with van der Waals surface area (Å²) < 4.78 is 22.8. The van der Waals surface area contributed by atoms with E-state index in [1.807, 2.05) is 13.8 Å². The molecule has 0 aromatic carbocycles. The van der Waals surface area contributed by atoms with E-state index in [9.17, 15) is 0 Å². The van der Waals surface area contributed by atoms with Crippen molar-refractivity contribution in [2.24, 2.45) is 0 Å². The quantitative estimate of drug-likeness (QED) is 0.674. The van der Waals surface area contributed by atoms with E-state index in [0.717, 1.165) is 6.42 Å². The summed E-state index contributed by atoms with van der Waals surface area (Å²) in [5.41, 5.74) is -0.369. The molecule has 1 saturated carbocycles. The molecule has 6 heteroatoms. The number of ether oxygens (including phenoxy) is 4. The predicted molar refractivity (Wildman–Crippen MR) is 63.6 cm³/mol. The van der Waals surface area contributed by atoms with Crippen molar-refractivity contribution < 1.29 is 18.9 Å². The smallest absolute Gasteiger partial charge is 0.187 e. The Hall–Kier alpha value is 0.800. The predicted octanol–water partition coefficient (Wildman–Crippen LogP) is 2.14. The molecule has 0 N–H and O–H groups in total. The van der Waals surface area contributed by atoms with Crippen molar-refractivity contribution in [3.05, 3.63) is 0 Å². The standard InChI is InChI=1S/C10H14Br2O4/c1-8(2)14-5-6(15-8)9(4-10(9,11)12)16-7(5)13-3/h5-7H,4H2,1-3H3/t5?,6?,7-,9+/m1/s1. The molecular formula is C10H14Br2O4. The molecule has 16 heavy (non-hydrogen) atoms. The van der Waals surface area contributed by atoms with E-state index < -0.39 is 5.79 Å². The van der Waals surface area contributed by atoms with Crippen LogP contribution in [0.1, 0.15) is 20.3 Å². The van der Waals surface area contributed by atoms with Crippen LogP contribution in [0.25, 0.3) is 0 Å². The minimum atomic E-state index is -0.568. The van der Waals surface area contributed by atoms with Gasteiger partial charge in [0.25, 0.3) is 0 Å². The van der Waals surface area contributed by atoms with Crippen LogP contribution >= 0.6 is 31.9 Å². The Morgan fingerprint density at radius 2 is 1.81 bits per heavy atom. The molecule has 0 aromatic rings. The van der Waals surface area contributed by atoms with Crippen LogP contribution in [0.15, 0.2) is 0 Å². The fraction of sp³-hybridized carbons (Fsp3) is 1.00. The van der Waals surface area contributed by atoms with Gasteiger partial charge in [0.2, 0.25) is 0 Å². The summed E-state index contributed by atoms with van der Waals surface area (Å²) in [4.78, 5) is 0. The molecule has 2 saturated heterocycles. The van der Waals surface area contributed by atoms with Gasteiger partial charge in [-0.25, -0.2) is 0 Å². The Balaban J connectivity index is 1.91. The Morgan fingerprint density at radius 1 is 1.19 bits per heavy atom. The normalized spacial score (nSPS) is 51.9. The van der Waals surface area contributed by atoms with Gasteiger partial charge < -0.3 is 18.9 Å². The average Bonchev–Trinajstić information content (AvgIpc) is 2.45. The fourth-order valence-corrected chi connectivity index (χ4v) is 4.07. The summed E-state index contributed by atoms with van der Waals surface area (Å²) in [6, 6.07) is 0. The van der Waals surface area contributed by atoms with E-state index in [4.69, 9.17) is 18.9 Å². The van der Waals surface area contributed by atoms with Gasteiger partial charge in [0.1, 0.15) is 21.0 Å². The van der Waals surface area contributed by atoms with Crippen LogP contribution in [-0.2, 0) is 18.9 Å². The summed E-state index contributed by atoms with van der Waals surface area (Å²) in [6.07, 6.45) is 0.243. The Kier molecular flexibility index (Phi) is 2.39. The van der Waals surface area contributed by atoms with E-state index in [1.54, 1.807) is 7.11 Å². The van der Waals surface area contributed by atoms with Crippen molar-refractivity contribution in [1.82, 2.24) is 0 Å². The highest BCUT2D eigenvalue weighted by molar-refractivity contribution is 9.25. The highest BCUT2D eigenvalue weighted by Gasteiger charge is 2.80. The zero-order chi connectivity index (χ0) is 11.8. The fourth-order valence-electron chi connectivity index (χ4n) is 2.59. The molecule has 0 bridgehead atoms. The number of methoxy groups -OCH3 is 1. The van der Waals surface area contributed by atoms with Crippen LogP contribution < -0.4 is 0 Å². The number of hydrogen-bond donors (Lipinski definition) is 0. The van der Waals surface area contributed by atoms with Gasteiger partial charge in [0.05, 0.1) is 0 Å². The molecule has 0 aromatic heterocycles. The molecule has 1 aliphatic carbocycles. The lowest BCUT2D eigenvalue weighted by atomic mass is 10.1. The number of alkyl halides is 2. The van der Waals surface area contributed by atoms with Crippen LogP contribution in [0.5, 0.6) is 0 Å². The molecule has 4 atom stereocenters. The van der Waals surface area contributed by atoms with Crippen LogP contribution in [0.3, 0.4) is 0 Å². The topological polar surface area (TPSA) is 36.9 Å². The molecule has 4 nitrogen and oxygen atoms in total. The van der Waals surface area contributed by atoms with Gasteiger partial charge in [-0.3, -0.25) is 0 Å². The van der Waals surface area contributed by atoms with Gasteiger partial charge in [0, 0.05) is 13.5 Å². The van der Waals surface area contributed by atoms with E-state index in [1.165, 1.54) is 0 Å². The molecule has 2 aliphatic heterocycles. The molecule has 3 aliphatic rings. The maximum Gasteiger partial charge on any atom is 0.187 e. The van der Waals surface area contributed by atoms with Gasteiger partial charge in [-0.15, -0.1) is 0 Å². The van der Waals surface area contributed by atoms with E-state index >= 15 is 0 Å². The van der Waals surface area contributed by atoms with Crippen LogP contribution in [0, 0.1) is 0 Å². The number of hydrogen-bond acceptors (Lipinski definition) is 4. The van der Waals surface area contributed by atoms with Crippen LogP contribution in [0.4, 0.5) is 0 Å². The Labute approximate surface area is 111 Å². The molecule has 1 spiro atoms. The number of fused-ring (bicyclic) bond motifs is 2. The lowest BCUT2D eigenvalue weighted by Gasteiger charge is -2.24. The van der Waals surface area contributed by atoms with Gasteiger partial charge in [-0.05, 0) is 13.8 Å². The molecule has 3 rings (SSSR count). The minimum absolute atomic E-state index is 0.0915. The third-order valence-electron chi connectivity index (χ3n) is 3.39. The second-order valence-corrected chi connectivity index (χ2v) is 8.79. The molecular weight excluding hydrogens is 344 g/mol. The molecule has 2 heterocycles. The third-order valence-corrected chi connectivity index (χ3v) is 5.30. The van der Waals surface area contributed by atoms with E-state index in [2.05, 4.69) is 31.9 Å². The lowest BCUT2D eigenvalue weighted by Crippen LogP contribution is -2.35. The van der Waals surface area contributed by atoms with Crippen molar-refractivity contribution in [2.75, 3.05) is 7.11 Å².